The second kappa shape index (κ2) is 26.5. The first-order valence-electron chi connectivity index (χ1n) is 0. The van der Waals surface area contributed by atoms with E-state index < -0.39 is 0 Å². The number of hydrogen-bond donors (Lipinski definition) is 0. The first-order valence-corrected chi connectivity index (χ1v) is 0. The minimum atomic E-state index is 0. The van der Waals surface area contributed by atoms with Crippen LogP contribution in [0.4, 0.5) is 0 Å². The van der Waals surface area contributed by atoms with Gasteiger partial charge in [-0.3, -0.25) is 0 Å². The first kappa shape index (κ1) is 40.3. The largest absolute Gasteiger partial charge is 4.00 e. The zero-order valence-electron chi connectivity index (χ0n) is 2.43. The van der Waals surface area contributed by atoms with Gasteiger partial charge in [-0.1, -0.05) is 0 Å². The molecule has 0 aromatic rings. The number of hydrogen-bond acceptors (Lipinski definition) is 0. The molecule has 0 bridgehead atoms. The van der Waals surface area contributed by atoms with Crippen molar-refractivity contribution in [3.05, 3.63) is 0 Å². The molecule has 0 radical (unpaired) electrons. The van der Waals surface area contributed by atoms with Crippen LogP contribution in [0.5, 0.6) is 0 Å². The molecule has 24 valence electrons. The van der Waals surface area contributed by atoms with Crippen molar-refractivity contribution in [1.29, 1.82) is 0 Å². The average Bonchev–Trinajstić information content (AvgIpc) is 0. The zero-order chi connectivity index (χ0) is 0. The Morgan fingerprint density at radius 3 is 0.600 bits per heavy atom. The van der Waals surface area contributed by atoms with Crippen LogP contribution in [0, 0.1) is 0 Å². The summed E-state index contributed by atoms with van der Waals surface area (Å²) in [7, 11) is 0. The van der Waals surface area contributed by atoms with Crippen molar-refractivity contribution in [1.82, 2.24) is 0 Å². The molecule has 0 N–H and O–H groups in total. The van der Waals surface area contributed by atoms with Crippen molar-refractivity contribution in [2.24, 2.45) is 0 Å². The molecule has 0 aliphatic carbocycles. The Labute approximate surface area is 109 Å². The molecule has 0 aliphatic rings. The molecule has 0 rings (SSSR count). The Bertz CT molecular complexity index is 6.85. The summed E-state index contributed by atoms with van der Waals surface area (Å²) in [5.41, 5.74) is 0. The Kier molecular flexibility index (Phi) is 213. The van der Waals surface area contributed by atoms with Crippen LogP contribution in [0.25, 0.3) is 0 Å². The summed E-state index contributed by atoms with van der Waals surface area (Å²) in [5.74, 6) is 0. The fourth-order valence-electron chi connectivity index (χ4n) is 0. The Morgan fingerprint density at radius 2 is 0.600 bits per heavy atom. The maximum absolute atomic E-state index is 0. The van der Waals surface area contributed by atoms with Gasteiger partial charge in [0.1, 0.15) is 0 Å². The van der Waals surface area contributed by atoms with Crippen LogP contribution in [0.15, 0.2) is 0 Å². The summed E-state index contributed by atoms with van der Waals surface area (Å²) < 4.78 is 0. The maximum Gasteiger partial charge on any atom is 4.00 e. The molecule has 0 spiro atoms. The van der Waals surface area contributed by atoms with Crippen molar-refractivity contribution >= 4 is 89.4 Å². The predicted molar refractivity (Wildman–Crippen MR) is 27.8 cm³/mol. The molecular formula is BaS3Ti. The van der Waals surface area contributed by atoms with E-state index in [2.05, 4.69) is 0 Å². The van der Waals surface area contributed by atoms with E-state index >= 15 is 0 Å². The summed E-state index contributed by atoms with van der Waals surface area (Å²) in [6.45, 7) is 0. The minimum Gasteiger partial charge on any atom is -2.00 e. The van der Waals surface area contributed by atoms with Crippen molar-refractivity contribution in [2.45, 2.75) is 0 Å². The predicted octanol–water partition coefficient (Wildman–Crippen LogP) is -0.391. The summed E-state index contributed by atoms with van der Waals surface area (Å²) in [6, 6.07) is 0. The molecular weight excluding hydrogens is 281 g/mol. The molecule has 0 amide bonds. The van der Waals surface area contributed by atoms with Gasteiger partial charge < -0.3 is 40.5 Å². The maximum atomic E-state index is 0. The van der Waals surface area contributed by atoms with Crippen LogP contribution in [-0.2, 0) is 62.2 Å². The van der Waals surface area contributed by atoms with Gasteiger partial charge in [-0.05, 0) is 0 Å². The third kappa shape index (κ3) is 18.8. The van der Waals surface area contributed by atoms with Gasteiger partial charge >= 0.3 is 70.6 Å². The van der Waals surface area contributed by atoms with E-state index in [1.54, 1.807) is 0 Å². The van der Waals surface area contributed by atoms with Gasteiger partial charge in [0.2, 0.25) is 0 Å². The average molecular weight is 281 g/mol. The summed E-state index contributed by atoms with van der Waals surface area (Å²) >= 11 is 0. The van der Waals surface area contributed by atoms with Gasteiger partial charge in [-0.25, -0.2) is 0 Å². The smallest absolute Gasteiger partial charge is 2.00 e. The molecule has 0 saturated heterocycles. The normalized spacial score (nSPS) is 0. The van der Waals surface area contributed by atoms with Crippen LogP contribution in [0.1, 0.15) is 0 Å². The standard InChI is InChI=1S/Ba.3S.Ti/q+2;3*-2;+4. The van der Waals surface area contributed by atoms with E-state index in [1.165, 1.54) is 0 Å². The monoisotopic (exact) mass is 282 g/mol. The van der Waals surface area contributed by atoms with Crippen molar-refractivity contribution in [3.8, 4) is 0 Å². The Hall–Kier alpha value is 3.34. The van der Waals surface area contributed by atoms with Crippen molar-refractivity contribution < 1.29 is 21.7 Å². The SMILES string of the molecule is [Ba+2].[S-2].[S-2].[S-2].[Ti+4]. The molecule has 0 heterocycles. The number of rotatable bonds is 0. The third-order valence-corrected chi connectivity index (χ3v) is 0. The van der Waals surface area contributed by atoms with Gasteiger partial charge in [-0.15, -0.1) is 0 Å². The van der Waals surface area contributed by atoms with Gasteiger partial charge in [0.25, 0.3) is 0 Å². The molecule has 0 aromatic heterocycles. The van der Waals surface area contributed by atoms with E-state index in [0.717, 1.165) is 0 Å². The van der Waals surface area contributed by atoms with Crippen LogP contribution < -0.4 is 0 Å². The van der Waals surface area contributed by atoms with E-state index in [9.17, 15) is 0 Å². The summed E-state index contributed by atoms with van der Waals surface area (Å²) in [4.78, 5) is 0. The molecule has 5 heavy (non-hydrogen) atoms. The molecule has 0 nitrogen and oxygen atoms in total. The molecule has 0 fully saturated rings. The minimum absolute atomic E-state index is 0. The zero-order valence-corrected chi connectivity index (χ0v) is 10.9. The topological polar surface area (TPSA) is 0 Å². The van der Waals surface area contributed by atoms with Gasteiger partial charge in [-0.2, -0.15) is 0 Å². The molecule has 0 aliphatic heterocycles. The van der Waals surface area contributed by atoms with E-state index in [-0.39, 0.29) is 111 Å². The second-order valence-electron chi connectivity index (χ2n) is 0. The van der Waals surface area contributed by atoms with Crippen LogP contribution in [0.3, 0.4) is 0 Å². The first-order chi connectivity index (χ1) is 0. The van der Waals surface area contributed by atoms with Crippen LogP contribution in [-0.4, -0.2) is 48.9 Å². The van der Waals surface area contributed by atoms with E-state index in [0.29, 0.717) is 0 Å². The molecule has 5 heteroatoms. The van der Waals surface area contributed by atoms with E-state index in [4.69, 9.17) is 0 Å². The van der Waals surface area contributed by atoms with Gasteiger partial charge in [0.05, 0.1) is 0 Å². The molecule has 0 aromatic carbocycles. The Balaban J connectivity index is 0. The quantitative estimate of drug-likeness (QED) is 0.531. The summed E-state index contributed by atoms with van der Waals surface area (Å²) in [6.07, 6.45) is 0. The second-order valence-corrected chi connectivity index (χ2v) is 0. The third-order valence-electron chi connectivity index (χ3n) is 0. The van der Waals surface area contributed by atoms with E-state index in [1.807, 2.05) is 0 Å². The Morgan fingerprint density at radius 1 is 0.600 bits per heavy atom. The van der Waals surface area contributed by atoms with Gasteiger partial charge in [0.15, 0.2) is 0 Å². The fourth-order valence-corrected chi connectivity index (χ4v) is 0. The van der Waals surface area contributed by atoms with Gasteiger partial charge in [0, 0.05) is 0 Å². The van der Waals surface area contributed by atoms with Crippen molar-refractivity contribution in [3.63, 3.8) is 0 Å². The van der Waals surface area contributed by atoms with Crippen LogP contribution in [0.2, 0.25) is 0 Å². The fraction of sp³-hybridized carbons (Fsp3) is 0. The molecule has 0 atom stereocenters. The van der Waals surface area contributed by atoms with Crippen molar-refractivity contribution in [2.75, 3.05) is 0 Å². The molecule has 0 saturated carbocycles. The summed E-state index contributed by atoms with van der Waals surface area (Å²) in [5, 5.41) is 0. The molecule has 0 unspecified atom stereocenters. The van der Waals surface area contributed by atoms with Crippen LogP contribution >= 0.6 is 0 Å².